The summed E-state index contributed by atoms with van der Waals surface area (Å²) in [5.41, 5.74) is 0.765. The molecule has 0 saturated heterocycles. The van der Waals surface area contributed by atoms with Crippen LogP contribution in [0.2, 0.25) is 0 Å². The van der Waals surface area contributed by atoms with Gasteiger partial charge in [0.05, 0.1) is 5.41 Å². The molecule has 1 unspecified atom stereocenters. The molecule has 1 rings (SSSR count). The van der Waals surface area contributed by atoms with E-state index in [1.54, 1.807) is 0 Å². The molecule has 0 heterocycles. The number of carboxylic acid groups (broad SMARTS) is 1. The molecule has 0 aromatic carbocycles. The molecule has 0 bridgehead atoms. The molecule has 0 amide bonds. The summed E-state index contributed by atoms with van der Waals surface area (Å²) in [5.74, 6) is -0.373. The molecular formula is C11H18O2. The van der Waals surface area contributed by atoms with Crippen LogP contribution in [0.3, 0.4) is 0 Å². The van der Waals surface area contributed by atoms with Gasteiger partial charge < -0.3 is 5.11 Å². The molecule has 0 aromatic heterocycles. The normalized spacial score (nSPS) is 23.9. The number of rotatable bonds is 2. The van der Waals surface area contributed by atoms with Gasteiger partial charge in [0.1, 0.15) is 0 Å². The van der Waals surface area contributed by atoms with Crippen LogP contribution in [-0.2, 0) is 4.79 Å². The minimum Gasteiger partial charge on any atom is -0.481 e. The van der Waals surface area contributed by atoms with Crippen LogP contribution < -0.4 is 0 Å². The lowest BCUT2D eigenvalue weighted by Gasteiger charge is -2.32. The Kier molecular flexibility index (Phi) is 2.79. The Hall–Kier alpha value is -0.790. The van der Waals surface area contributed by atoms with Crippen LogP contribution >= 0.6 is 0 Å². The first kappa shape index (κ1) is 10.3. The first-order chi connectivity index (χ1) is 5.94. The summed E-state index contributed by atoms with van der Waals surface area (Å²) in [7, 11) is 0. The third-order valence-electron chi connectivity index (χ3n) is 3.15. The van der Waals surface area contributed by atoms with Gasteiger partial charge in [0, 0.05) is 0 Å². The summed E-state index contributed by atoms with van der Waals surface area (Å²) in [6.45, 7) is 5.75. The minimum atomic E-state index is -0.674. The molecule has 0 radical (unpaired) electrons. The third-order valence-corrected chi connectivity index (χ3v) is 3.15. The zero-order valence-electron chi connectivity index (χ0n) is 8.63. The number of carboxylic acids is 1. The second-order valence-electron chi connectivity index (χ2n) is 4.56. The summed E-state index contributed by atoms with van der Waals surface area (Å²) >= 11 is 0. The van der Waals surface area contributed by atoms with Gasteiger partial charge >= 0.3 is 5.97 Å². The summed E-state index contributed by atoms with van der Waals surface area (Å²) in [6.07, 6.45) is 5.21. The van der Waals surface area contributed by atoms with E-state index in [1.165, 1.54) is 5.57 Å². The molecule has 0 fully saturated rings. The van der Waals surface area contributed by atoms with E-state index >= 15 is 0 Å². The Labute approximate surface area is 79.6 Å². The van der Waals surface area contributed by atoms with Crippen molar-refractivity contribution in [2.75, 3.05) is 0 Å². The summed E-state index contributed by atoms with van der Waals surface area (Å²) < 4.78 is 0. The fourth-order valence-corrected chi connectivity index (χ4v) is 1.90. The standard InChI is InChI=1S/C11H18O2/c1-8-5-4-6-9(7-8)11(2,3)10(12)13/h5,9H,4,6-7H2,1-3H3,(H,12,13). The maximum Gasteiger partial charge on any atom is 0.309 e. The fraction of sp³-hybridized carbons (Fsp3) is 0.727. The van der Waals surface area contributed by atoms with Crippen molar-refractivity contribution in [3.8, 4) is 0 Å². The zero-order valence-corrected chi connectivity index (χ0v) is 8.63. The van der Waals surface area contributed by atoms with E-state index in [9.17, 15) is 4.79 Å². The van der Waals surface area contributed by atoms with Gasteiger partial charge in [0.25, 0.3) is 0 Å². The van der Waals surface area contributed by atoms with Crippen molar-refractivity contribution in [3.63, 3.8) is 0 Å². The van der Waals surface area contributed by atoms with E-state index in [-0.39, 0.29) is 0 Å². The first-order valence-corrected chi connectivity index (χ1v) is 4.83. The maximum absolute atomic E-state index is 11.0. The topological polar surface area (TPSA) is 37.3 Å². The molecular weight excluding hydrogens is 164 g/mol. The van der Waals surface area contributed by atoms with Gasteiger partial charge in [-0.2, -0.15) is 0 Å². The SMILES string of the molecule is CC1=CCCC(C(C)(C)C(=O)O)C1. The lowest BCUT2D eigenvalue weighted by molar-refractivity contribution is -0.150. The third kappa shape index (κ3) is 2.11. The smallest absolute Gasteiger partial charge is 0.309 e. The second kappa shape index (κ2) is 3.52. The highest BCUT2D eigenvalue weighted by atomic mass is 16.4. The van der Waals surface area contributed by atoms with Crippen molar-refractivity contribution in [2.24, 2.45) is 11.3 Å². The van der Waals surface area contributed by atoms with E-state index < -0.39 is 11.4 Å². The molecule has 1 N–H and O–H groups in total. The molecule has 2 nitrogen and oxygen atoms in total. The molecule has 0 aromatic rings. The van der Waals surface area contributed by atoms with Crippen LogP contribution in [0.4, 0.5) is 0 Å². The summed E-state index contributed by atoms with van der Waals surface area (Å²) in [6, 6.07) is 0. The summed E-state index contributed by atoms with van der Waals surface area (Å²) in [4.78, 5) is 11.0. The van der Waals surface area contributed by atoms with Gasteiger partial charge in [-0.25, -0.2) is 0 Å². The molecule has 0 spiro atoms. The van der Waals surface area contributed by atoms with E-state index in [0.29, 0.717) is 5.92 Å². The van der Waals surface area contributed by atoms with E-state index in [2.05, 4.69) is 13.0 Å². The number of aliphatic carboxylic acids is 1. The van der Waals surface area contributed by atoms with E-state index in [4.69, 9.17) is 5.11 Å². The number of carbonyl (C=O) groups is 1. The van der Waals surface area contributed by atoms with Crippen LogP contribution in [0.15, 0.2) is 11.6 Å². The molecule has 1 atom stereocenters. The molecule has 0 saturated carbocycles. The fourth-order valence-electron chi connectivity index (χ4n) is 1.90. The zero-order chi connectivity index (χ0) is 10.1. The van der Waals surface area contributed by atoms with Crippen LogP contribution in [0.25, 0.3) is 0 Å². The molecule has 2 heteroatoms. The molecule has 1 aliphatic carbocycles. The lowest BCUT2D eigenvalue weighted by Crippen LogP contribution is -2.33. The average Bonchev–Trinajstić information content (AvgIpc) is 2.04. The lowest BCUT2D eigenvalue weighted by atomic mass is 9.71. The van der Waals surface area contributed by atoms with Crippen molar-refractivity contribution in [1.29, 1.82) is 0 Å². The Bertz CT molecular complexity index is 238. The van der Waals surface area contributed by atoms with Crippen LogP contribution in [0.1, 0.15) is 40.0 Å². The molecule has 0 aliphatic heterocycles. The van der Waals surface area contributed by atoms with Crippen LogP contribution in [0, 0.1) is 11.3 Å². The Morgan fingerprint density at radius 1 is 1.62 bits per heavy atom. The Morgan fingerprint density at radius 3 is 2.69 bits per heavy atom. The maximum atomic E-state index is 11.0. The van der Waals surface area contributed by atoms with Crippen molar-refractivity contribution in [1.82, 2.24) is 0 Å². The van der Waals surface area contributed by atoms with E-state index in [1.807, 2.05) is 13.8 Å². The van der Waals surface area contributed by atoms with Crippen molar-refractivity contribution in [3.05, 3.63) is 11.6 Å². The Balaban J connectivity index is 2.73. The average molecular weight is 182 g/mol. The Morgan fingerprint density at radius 2 is 2.23 bits per heavy atom. The van der Waals surface area contributed by atoms with Crippen LogP contribution in [0.5, 0.6) is 0 Å². The van der Waals surface area contributed by atoms with Crippen molar-refractivity contribution in [2.45, 2.75) is 40.0 Å². The van der Waals surface area contributed by atoms with Gasteiger partial charge in [-0.05, 0) is 46.0 Å². The molecule has 1 aliphatic rings. The predicted molar refractivity (Wildman–Crippen MR) is 52.5 cm³/mol. The summed E-state index contributed by atoms with van der Waals surface area (Å²) in [5, 5.41) is 9.06. The highest BCUT2D eigenvalue weighted by Gasteiger charge is 2.36. The number of hydrogen-bond acceptors (Lipinski definition) is 1. The highest BCUT2D eigenvalue weighted by molar-refractivity contribution is 5.74. The monoisotopic (exact) mass is 182 g/mol. The second-order valence-corrected chi connectivity index (χ2v) is 4.56. The van der Waals surface area contributed by atoms with Gasteiger partial charge in [-0.15, -0.1) is 0 Å². The van der Waals surface area contributed by atoms with Crippen molar-refractivity contribution < 1.29 is 9.90 Å². The quantitative estimate of drug-likeness (QED) is 0.667. The highest BCUT2D eigenvalue weighted by Crippen LogP contribution is 2.38. The van der Waals surface area contributed by atoms with Crippen molar-refractivity contribution >= 4 is 5.97 Å². The largest absolute Gasteiger partial charge is 0.481 e. The van der Waals surface area contributed by atoms with Gasteiger partial charge in [0.2, 0.25) is 0 Å². The molecule has 74 valence electrons. The van der Waals surface area contributed by atoms with Crippen LogP contribution in [-0.4, -0.2) is 11.1 Å². The molecule has 13 heavy (non-hydrogen) atoms. The van der Waals surface area contributed by atoms with Gasteiger partial charge in [0.15, 0.2) is 0 Å². The van der Waals surface area contributed by atoms with E-state index in [0.717, 1.165) is 19.3 Å². The number of allylic oxidation sites excluding steroid dienone is 2. The minimum absolute atomic E-state index is 0.301. The predicted octanol–water partition coefficient (Wildman–Crippen LogP) is 2.84. The first-order valence-electron chi connectivity index (χ1n) is 4.83. The van der Waals surface area contributed by atoms with Gasteiger partial charge in [-0.3, -0.25) is 4.79 Å². The number of hydrogen-bond donors (Lipinski definition) is 1. The van der Waals surface area contributed by atoms with Gasteiger partial charge in [-0.1, -0.05) is 11.6 Å².